The monoisotopic (exact) mass is 286 g/mol. The van der Waals surface area contributed by atoms with Gasteiger partial charge < -0.3 is 4.74 Å². The molecule has 2 heterocycles. The summed E-state index contributed by atoms with van der Waals surface area (Å²) in [6.45, 7) is 1.86. The fourth-order valence-corrected chi connectivity index (χ4v) is 2.62. The third kappa shape index (κ3) is 2.56. The zero-order chi connectivity index (χ0) is 13.1. The molecule has 6 nitrogen and oxygen atoms in total. The molecule has 0 aromatic carbocycles. The van der Waals surface area contributed by atoms with Crippen molar-refractivity contribution in [2.75, 3.05) is 12.9 Å². The van der Waals surface area contributed by atoms with Crippen molar-refractivity contribution in [1.82, 2.24) is 19.6 Å². The molecule has 18 heavy (non-hydrogen) atoms. The maximum absolute atomic E-state index is 11.1. The number of halogens is 1. The minimum Gasteiger partial charge on any atom is -0.469 e. The van der Waals surface area contributed by atoms with E-state index in [1.54, 1.807) is 4.52 Å². The summed E-state index contributed by atoms with van der Waals surface area (Å²) >= 11 is 7.50. The minimum absolute atomic E-state index is 0.241. The van der Waals surface area contributed by atoms with E-state index in [2.05, 4.69) is 19.8 Å². The highest BCUT2D eigenvalue weighted by molar-refractivity contribution is 7.99. The molecule has 0 spiro atoms. The second-order valence-electron chi connectivity index (χ2n) is 3.48. The van der Waals surface area contributed by atoms with E-state index < -0.39 is 0 Å². The first kappa shape index (κ1) is 13.1. The lowest BCUT2D eigenvalue weighted by atomic mass is 10.4. The molecular formula is C10H11ClN4O2S. The van der Waals surface area contributed by atoms with Gasteiger partial charge in [0.25, 0.3) is 5.78 Å². The van der Waals surface area contributed by atoms with Crippen LogP contribution in [0.25, 0.3) is 5.78 Å². The van der Waals surface area contributed by atoms with Crippen molar-refractivity contribution in [3.8, 4) is 0 Å². The lowest BCUT2D eigenvalue weighted by molar-refractivity contribution is -0.140. The van der Waals surface area contributed by atoms with Crippen molar-refractivity contribution < 1.29 is 9.53 Å². The van der Waals surface area contributed by atoms with Crippen LogP contribution in [0.1, 0.15) is 12.0 Å². The number of rotatable bonds is 4. The quantitative estimate of drug-likeness (QED) is 0.484. The lowest BCUT2D eigenvalue weighted by Gasteiger charge is -2.08. The molecule has 0 aliphatic heterocycles. The van der Waals surface area contributed by atoms with Crippen molar-refractivity contribution >= 4 is 35.1 Å². The summed E-state index contributed by atoms with van der Waals surface area (Å²) in [6.07, 6.45) is 1.75. The van der Waals surface area contributed by atoms with Gasteiger partial charge >= 0.3 is 5.97 Å². The van der Waals surface area contributed by atoms with Crippen LogP contribution in [-0.2, 0) is 9.53 Å². The number of carbonyl (C=O) groups is 1. The Morgan fingerprint density at radius 2 is 2.39 bits per heavy atom. The molecule has 0 aliphatic rings. The van der Waals surface area contributed by atoms with Gasteiger partial charge in [0.2, 0.25) is 0 Å². The van der Waals surface area contributed by atoms with E-state index in [0.29, 0.717) is 23.1 Å². The topological polar surface area (TPSA) is 69.4 Å². The number of hydrogen-bond acceptors (Lipinski definition) is 6. The second kappa shape index (κ2) is 5.53. The molecule has 0 bridgehead atoms. The summed E-state index contributed by atoms with van der Waals surface area (Å²) in [7, 11) is 1.37. The smallest absolute Gasteiger partial charge is 0.306 e. The van der Waals surface area contributed by atoms with E-state index in [-0.39, 0.29) is 5.97 Å². The van der Waals surface area contributed by atoms with Crippen molar-refractivity contribution in [3.63, 3.8) is 0 Å². The molecule has 0 unspecified atom stereocenters. The van der Waals surface area contributed by atoms with Gasteiger partial charge in [-0.15, -0.1) is 11.8 Å². The van der Waals surface area contributed by atoms with E-state index in [0.717, 1.165) is 10.6 Å². The molecule has 2 aromatic heterocycles. The predicted molar refractivity (Wildman–Crippen MR) is 67.9 cm³/mol. The highest BCUT2D eigenvalue weighted by atomic mass is 35.5. The maximum Gasteiger partial charge on any atom is 0.306 e. The maximum atomic E-state index is 11.1. The molecule has 96 valence electrons. The van der Waals surface area contributed by atoms with Crippen LogP contribution >= 0.6 is 23.4 Å². The second-order valence-corrected chi connectivity index (χ2v) is 4.92. The Bertz CT molecular complexity index is 587. The molecule has 0 radical (unpaired) electrons. The van der Waals surface area contributed by atoms with Gasteiger partial charge in [0, 0.05) is 11.3 Å². The van der Waals surface area contributed by atoms with Crippen LogP contribution in [0.2, 0.25) is 5.15 Å². The molecule has 0 saturated heterocycles. The number of esters is 1. The number of carbonyl (C=O) groups excluding carboxylic acids is 1. The number of ether oxygens (including phenoxy) is 1. The van der Waals surface area contributed by atoms with Crippen molar-refractivity contribution in [2.24, 2.45) is 0 Å². The van der Waals surface area contributed by atoms with Crippen molar-refractivity contribution in [1.29, 1.82) is 0 Å². The van der Waals surface area contributed by atoms with E-state index >= 15 is 0 Å². The number of methoxy groups -OCH3 is 1. The summed E-state index contributed by atoms with van der Waals surface area (Å²) in [6, 6.07) is 0. The average molecular weight is 287 g/mol. The zero-order valence-electron chi connectivity index (χ0n) is 9.88. The summed E-state index contributed by atoms with van der Waals surface area (Å²) in [5.74, 6) is 0.796. The van der Waals surface area contributed by atoms with Crippen LogP contribution < -0.4 is 0 Å². The van der Waals surface area contributed by atoms with E-state index in [1.807, 2.05) is 6.92 Å². The van der Waals surface area contributed by atoms with Gasteiger partial charge in [-0.25, -0.2) is 0 Å². The molecule has 0 aliphatic carbocycles. The fraction of sp³-hybridized carbons (Fsp3) is 0.400. The highest BCUT2D eigenvalue weighted by Crippen LogP contribution is 2.27. The van der Waals surface area contributed by atoms with Crippen LogP contribution in [0.3, 0.4) is 0 Å². The molecule has 0 amide bonds. The largest absolute Gasteiger partial charge is 0.469 e. The van der Waals surface area contributed by atoms with E-state index in [4.69, 9.17) is 11.6 Å². The molecule has 0 saturated carbocycles. The Morgan fingerprint density at radius 1 is 1.61 bits per heavy atom. The standard InChI is InChI=1S/C10H11ClN4O2S/c1-6-8(11)14-10-12-5-13-15(10)9(6)18-4-3-7(16)17-2/h5H,3-4H2,1-2H3. The first-order valence-corrected chi connectivity index (χ1v) is 6.55. The van der Waals surface area contributed by atoms with Crippen molar-refractivity contribution in [3.05, 3.63) is 17.0 Å². The van der Waals surface area contributed by atoms with Gasteiger partial charge in [0.1, 0.15) is 16.5 Å². The first-order valence-electron chi connectivity index (χ1n) is 5.19. The third-order valence-electron chi connectivity index (χ3n) is 2.32. The summed E-state index contributed by atoms with van der Waals surface area (Å²) in [5.41, 5.74) is 0.824. The van der Waals surface area contributed by atoms with Crippen LogP contribution in [0, 0.1) is 6.92 Å². The lowest BCUT2D eigenvalue weighted by Crippen LogP contribution is -2.04. The Morgan fingerprint density at radius 3 is 3.11 bits per heavy atom. The number of aromatic nitrogens is 4. The number of hydrogen-bond donors (Lipinski definition) is 0. The summed E-state index contributed by atoms with van der Waals surface area (Å²) < 4.78 is 6.20. The summed E-state index contributed by atoms with van der Waals surface area (Å²) in [4.78, 5) is 19.2. The normalized spacial score (nSPS) is 10.8. The van der Waals surface area contributed by atoms with Crippen LogP contribution in [0.15, 0.2) is 11.4 Å². The number of thioether (sulfide) groups is 1. The van der Waals surface area contributed by atoms with E-state index in [9.17, 15) is 4.79 Å². The van der Waals surface area contributed by atoms with Gasteiger partial charge in [-0.05, 0) is 6.92 Å². The molecular weight excluding hydrogens is 276 g/mol. The highest BCUT2D eigenvalue weighted by Gasteiger charge is 2.13. The predicted octanol–water partition coefficient (Wildman–Crippen LogP) is 1.74. The van der Waals surface area contributed by atoms with Gasteiger partial charge in [-0.3, -0.25) is 4.79 Å². The molecule has 0 fully saturated rings. The fourth-order valence-electron chi connectivity index (χ4n) is 1.38. The number of fused-ring (bicyclic) bond motifs is 1. The minimum atomic E-state index is -0.241. The average Bonchev–Trinajstić information content (AvgIpc) is 2.81. The Kier molecular flexibility index (Phi) is 4.03. The molecule has 2 rings (SSSR count). The number of nitrogens with zero attached hydrogens (tertiary/aromatic N) is 4. The molecule has 0 atom stereocenters. The Hall–Kier alpha value is -1.34. The Labute approximate surface area is 113 Å². The molecule has 0 N–H and O–H groups in total. The van der Waals surface area contributed by atoms with Gasteiger partial charge in [0.15, 0.2) is 0 Å². The zero-order valence-corrected chi connectivity index (χ0v) is 11.5. The van der Waals surface area contributed by atoms with Gasteiger partial charge in [-0.1, -0.05) is 11.6 Å². The third-order valence-corrected chi connectivity index (χ3v) is 3.85. The molecule has 8 heteroatoms. The SMILES string of the molecule is COC(=O)CCSc1c(C)c(Cl)nc2ncnn12. The first-order chi connectivity index (χ1) is 8.63. The van der Waals surface area contributed by atoms with Gasteiger partial charge in [0.05, 0.1) is 13.5 Å². The Balaban J connectivity index is 2.23. The molecule has 2 aromatic rings. The van der Waals surface area contributed by atoms with Crippen LogP contribution in [0.5, 0.6) is 0 Å². The van der Waals surface area contributed by atoms with Crippen LogP contribution in [0.4, 0.5) is 0 Å². The van der Waals surface area contributed by atoms with Gasteiger partial charge in [-0.2, -0.15) is 19.6 Å². The van der Waals surface area contributed by atoms with Crippen molar-refractivity contribution in [2.45, 2.75) is 18.4 Å². The van der Waals surface area contributed by atoms with E-state index in [1.165, 1.54) is 25.2 Å². The summed E-state index contributed by atoms with van der Waals surface area (Å²) in [5, 5.41) is 5.32. The van der Waals surface area contributed by atoms with Crippen LogP contribution in [-0.4, -0.2) is 38.4 Å².